The van der Waals surface area contributed by atoms with Crippen molar-refractivity contribution in [3.63, 3.8) is 0 Å². The van der Waals surface area contributed by atoms with Crippen LogP contribution in [0.25, 0.3) is 0 Å². The van der Waals surface area contributed by atoms with Crippen LogP contribution in [0.3, 0.4) is 0 Å². The summed E-state index contributed by atoms with van der Waals surface area (Å²) in [5.74, 6) is 0.250. The van der Waals surface area contributed by atoms with Crippen molar-refractivity contribution in [1.29, 1.82) is 0 Å². The minimum atomic E-state index is -0.380. The Labute approximate surface area is 181 Å². The van der Waals surface area contributed by atoms with Crippen LogP contribution in [0.5, 0.6) is 5.75 Å². The molecule has 5 nitrogen and oxygen atoms in total. The highest BCUT2D eigenvalue weighted by atomic mass is 16.7. The topological polar surface area (TPSA) is 56.8 Å². The Morgan fingerprint density at radius 3 is 2.27 bits per heavy atom. The van der Waals surface area contributed by atoms with Gasteiger partial charge in [0.2, 0.25) is 0 Å². The predicted molar refractivity (Wildman–Crippen MR) is 124 cm³/mol. The molecule has 166 valence electrons. The highest BCUT2D eigenvalue weighted by Crippen LogP contribution is 2.26. The van der Waals surface area contributed by atoms with Gasteiger partial charge in [0.05, 0.1) is 18.4 Å². The van der Waals surface area contributed by atoms with Crippen molar-refractivity contribution >= 4 is 11.7 Å². The third-order valence-electron chi connectivity index (χ3n) is 4.60. The molecule has 1 rings (SSSR count). The lowest BCUT2D eigenvalue weighted by molar-refractivity contribution is 0.0515. The summed E-state index contributed by atoms with van der Waals surface area (Å²) >= 11 is 0. The van der Waals surface area contributed by atoms with E-state index in [1.54, 1.807) is 25.3 Å². The second-order valence-corrected chi connectivity index (χ2v) is 7.59. The average Bonchev–Trinajstić information content (AvgIpc) is 2.71. The first-order valence-electron chi connectivity index (χ1n) is 10.4. The number of rotatable bonds is 13. The van der Waals surface area contributed by atoms with Crippen LogP contribution in [0, 0.1) is 0 Å². The maximum absolute atomic E-state index is 11.8. The van der Waals surface area contributed by atoms with E-state index in [0.717, 1.165) is 31.4 Å². The number of carbonyl (C=O) groups excluding carboxylic acids is 1. The highest BCUT2D eigenvalue weighted by Gasteiger charge is 2.10. The maximum Gasteiger partial charge on any atom is 0.337 e. The molecule has 5 heteroatoms. The normalized spacial score (nSPS) is 11.8. The third kappa shape index (κ3) is 10.3. The highest BCUT2D eigenvalue weighted by molar-refractivity contribution is 5.91. The van der Waals surface area contributed by atoms with E-state index in [9.17, 15) is 4.79 Å². The van der Waals surface area contributed by atoms with Gasteiger partial charge in [0.1, 0.15) is 5.75 Å². The average molecular weight is 416 g/mol. The van der Waals surface area contributed by atoms with E-state index in [4.69, 9.17) is 14.2 Å². The third-order valence-corrected chi connectivity index (χ3v) is 4.60. The summed E-state index contributed by atoms with van der Waals surface area (Å²) in [6.45, 7) is 9.40. The van der Waals surface area contributed by atoms with E-state index in [0.29, 0.717) is 17.9 Å². The van der Waals surface area contributed by atoms with Crippen LogP contribution in [0.1, 0.15) is 63.7 Å². The van der Waals surface area contributed by atoms with Gasteiger partial charge in [-0.2, -0.15) is 0 Å². The van der Waals surface area contributed by atoms with Crippen LogP contribution >= 0.6 is 0 Å². The molecule has 1 aromatic carbocycles. The van der Waals surface area contributed by atoms with Gasteiger partial charge in [0.25, 0.3) is 0 Å². The fourth-order valence-electron chi connectivity index (χ4n) is 2.84. The van der Waals surface area contributed by atoms with E-state index in [-0.39, 0.29) is 12.8 Å². The molecule has 0 bridgehead atoms. The number of methoxy groups -OCH3 is 2. The van der Waals surface area contributed by atoms with Gasteiger partial charge >= 0.3 is 5.97 Å². The molecule has 0 aliphatic heterocycles. The number of hydrogen-bond acceptors (Lipinski definition) is 5. The number of allylic oxidation sites excluding steroid dienone is 5. The molecule has 0 saturated heterocycles. The molecule has 0 aromatic heterocycles. The summed E-state index contributed by atoms with van der Waals surface area (Å²) in [5.41, 5.74) is 5.34. The van der Waals surface area contributed by atoms with Gasteiger partial charge in [-0.25, -0.2) is 4.79 Å². The molecule has 0 unspecified atom stereocenters. The minimum Gasteiger partial charge on any atom is -0.465 e. The predicted octanol–water partition coefficient (Wildman–Crippen LogP) is 6.29. The SMILES string of the molecule is COCOc1ccc(C(=O)OC)cc1NC/C=C(\C)CC/C=C(\C)CCC=C(C)C. The Hall–Kier alpha value is -2.53. The molecule has 30 heavy (non-hydrogen) atoms. The van der Waals surface area contributed by atoms with Crippen LogP contribution in [0.4, 0.5) is 5.69 Å². The summed E-state index contributed by atoms with van der Waals surface area (Å²) in [7, 11) is 2.94. The van der Waals surface area contributed by atoms with Crippen molar-refractivity contribution in [2.75, 3.05) is 32.9 Å². The molecular weight excluding hydrogens is 378 g/mol. The molecular formula is C25H37NO4. The lowest BCUT2D eigenvalue weighted by Gasteiger charge is -2.13. The Morgan fingerprint density at radius 1 is 0.967 bits per heavy atom. The molecule has 0 aliphatic rings. The maximum atomic E-state index is 11.8. The van der Waals surface area contributed by atoms with Crippen LogP contribution < -0.4 is 10.1 Å². The largest absolute Gasteiger partial charge is 0.465 e. The van der Waals surface area contributed by atoms with Crippen LogP contribution in [0.2, 0.25) is 0 Å². The fourth-order valence-corrected chi connectivity index (χ4v) is 2.84. The van der Waals surface area contributed by atoms with E-state index in [1.165, 1.54) is 23.8 Å². The second kappa shape index (κ2) is 14.5. The number of ether oxygens (including phenoxy) is 3. The molecule has 0 saturated carbocycles. The van der Waals surface area contributed by atoms with Gasteiger partial charge in [-0.15, -0.1) is 0 Å². The molecule has 0 radical (unpaired) electrons. The van der Waals surface area contributed by atoms with Gasteiger partial charge in [-0.05, 0) is 71.6 Å². The Kier molecular flexibility index (Phi) is 12.3. The van der Waals surface area contributed by atoms with E-state index >= 15 is 0 Å². The summed E-state index contributed by atoms with van der Waals surface area (Å²) in [4.78, 5) is 11.8. The first kappa shape index (κ1) is 25.5. The van der Waals surface area contributed by atoms with Crippen LogP contribution in [-0.2, 0) is 9.47 Å². The smallest absolute Gasteiger partial charge is 0.337 e. The van der Waals surface area contributed by atoms with E-state index in [1.807, 2.05) is 0 Å². The van der Waals surface area contributed by atoms with Crippen molar-refractivity contribution in [1.82, 2.24) is 0 Å². The van der Waals surface area contributed by atoms with Gasteiger partial charge < -0.3 is 19.5 Å². The van der Waals surface area contributed by atoms with E-state index < -0.39 is 0 Å². The van der Waals surface area contributed by atoms with Crippen LogP contribution in [-0.4, -0.2) is 33.5 Å². The monoisotopic (exact) mass is 415 g/mol. The molecule has 1 N–H and O–H groups in total. The molecule has 0 heterocycles. The molecule has 1 aromatic rings. The minimum absolute atomic E-state index is 0.139. The number of esters is 1. The van der Waals surface area contributed by atoms with Crippen molar-refractivity contribution in [2.45, 2.75) is 53.4 Å². The quantitative estimate of drug-likeness (QED) is 0.233. The summed E-state index contributed by atoms with van der Waals surface area (Å²) in [6.07, 6.45) is 11.1. The first-order valence-corrected chi connectivity index (χ1v) is 10.4. The standard InChI is InChI=1S/C25H37NO4/c1-19(2)9-7-10-20(3)11-8-12-21(4)15-16-26-23-17-22(25(27)29-6)13-14-24(23)30-18-28-5/h9,11,13-15,17,26H,7-8,10,12,16,18H2,1-6H3/b20-11+,21-15+. The zero-order valence-electron chi connectivity index (χ0n) is 19.3. The summed E-state index contributed by atoms with van der Waals surface area (Å²) in [6, 6.07) is 5.15. The van der Waals surface area contributed by atoms with Crippen molar-refractivity contribution < 1.29 is 19.0 Å². The molecule has 0 atom stereocenters. The van der Waals surface area contributed by atoms with Crippen LogP contribution in [0.15, 0.2) is 53.1 Å². The van der Waals surface area contributed by atoms with Gasteiger partial charge in [-0.1, -0.05) is 34.9 Å². The Bertz CT molecular complexity index is 758. The second-order valence-electron chi connectivity index (χ2n) is 7.59. The molecule has 0 spiro atoms. The number of benzene rings is 1. The number of hydrogen-bond donors (Lipinski definition) is 1. The lowest BCUT2D eigenvalue weighted by Crippen LogP contribution is -2.08. The van der Waals surface area contributed by atoms with Gasteiger partial charge in [0.15, 0.2) is 6.79 Å². The van der Waals surface area contributed by atoms with Gasteiger partial charge in [-0.3, -0.25) is 0 Å². The number of nitrogens with one attached hydrogen (secondary N) is 1. The summed E-state index contributed by atoms with van der Waals surface area (Å²) in [5, 5.41) is 3.32. The Balaban J connectivity index is 2.61. The number of anilines is 1. The van der Waals surface area contributed by atoms with Crippen molar-refractivity contribution in [2.24, 2.45) is 0 Å². The zero-order valence-corrected chi connectivity index (χ0v) is 19.3. The number of carbonyl (C=O) groups is 1. The first-order chi connectivity index (χ1) is 14.4. The van der Waals surface area contributed by atoms with Crippen molar-refractivity contribution in [3.05, 3.63) is 58.7 Å². The zero-order chi connectivity index (χ0) is 22.4. The Morgan fingerprint density at radius 2 is 1.63 bits per heavy atom. The van der Waals surface area contributed by atoms with Gasteiger partial charge in [0, 0.05) is 13.7 Å². The molecule has 0 amide bonds. The van der Waals surface area contributed by atoms with Crippen molar-refractivity contribution in [3.8, 4) is 5.75 Å². The summed E-state index contributed by atoms with van der Waals surface area (Å²) < 4.78 is 15.4. The molecule has 0 aliphatic carbocycles. The molecule has 0 fully saturated rings. The lowest BCUT2D eigenvalue weighted by atomic mass is 10.1. The van der Waals surface area contributed by atoms with E-state index in [2.05, 4.69) is 51.2 Å². The fraction of sp³-hybridized carbons (Fsp3) is 0.480.